The molecule has 0 aliphatic heterocycles. The lowest BCUT2D eigenvalue weighted by Gasteiger charge is -2.35. The van der Waals surface area contributed by atoms with Crippen molar-refractivity contribution in [2.45, 2.75) is 5.41 Å². The summed E-state index contributed by atoms with van der Waals surface area (Å²) in [7, 11) is 0. The normalized spacial score (nSPS) is 12.5. The number of aromatic nitrogens is 2. The fourth-order valence-electron chi connectivity index (χ4n) is 14.4. The van der Waals surface area contributed by atoms with E-state index >= 15 is 0 Å². The van der Waals surface area contributed by atoms with Gasteiger partial charge in [0.05, 0.1) is 27.5 Å². The number of rotatable bonds is 10. The zero-order valence-corrected chi connectivity index (χ0v) is 47.7. The van der Waals surface area contributed by atoms with Gasteiger partial charge in [-0.05, 0) is 167 Å². The summed E-state index contributed by atoms with van der Waals surface area (Å²) >= 11 is 0. The number of hydrogen-bond donors (Lipinski definition) is 0. The third kappa shape index (κ3) is 8.17. The number of fused-ring (bicyclic) bond motifs is 9. The highest BCUT2D eigenvalue weighted by atomic mass is 15.0. The van der Waals surface area contributed by atoms with E-state index in [1.165, 1.54) is 144 Å². The molecule has 14 aromatic carbocycles. The molecule has 2 heteroatoms. The van der Waals surface area contributed by atoms with E-state index in [0.29, 0.717) is 0 Å². The van der Waals surface area contributed by atoms with E-state index in [0.717, 1.165) is 11.4 Å². The molecule has 2 aromatic heterocycles. The SMILES string of the molecule is c1ccc(-c2ccc(-n3c4ccccc4c4cc(-c5ccc6c(c5)c5ccccc5n6-c5ccc(-c6ccc(-c7ccc(-c8cccc(-c9ccccc9C9(c%10ccccc%10)c%10ccccc%10-c%10ccccc%109)c8)cc7)cc6)cc5)ccc43)cc2)cc1. The lowest BCUT2D eigenvalue weighted by molar-refractivity contribution is 0.770. The molecule has 0 N–H and O–H groups in total. The van der Waals surface area contributed by atoms with Crippen LogP contribution >= 0.6 is 0 Å². The summed E-state index contributed by atoms with van der Waals surface area (Å²) in [5.41, 5.74) is 28.8. The Hall–Kier alpha value is -11.3. The van der Waals surface area contributed by atoms with Crippen molar-refractivity contribution in [3.05, 3.63) is 362 Å². The molecule has 0 amide bonds. The lowest BCUT2D eigenvalue weighted by Crippen LogP contribution is -2.29. The van der Waals surface area contributed by atoms with E-state index in [1.807, 2.05) is 0 Å². The molecule has 2 nitrogen and oxygen atoms in total. The topological polar surface area (TPSA) is 9.86 Å². The van der Waals surface area contributed by atoms with Crippen LogP contribution in [-0.2, 0) is 5.41 Å². The molecule has 17 rings (SSSR count). The van der Waals surface area contributed by atoms with Crippen LogP contribution in [0.3, 0.4) is 0 Å². The van der Waals surface area contributed by atoms with Crippen LogP contribution in [0.25, 0.3) is 133 Å². The van der Waals surface area contributed by atoms with E-state index in [2.05, 4.69) is 349 Å². The lowest BCUT2D eigenvalue weighted by atomic mass is 9.66. The highest BCUT2D eigenvalue weighted by Crippen LogP contribution is 2.58. The van der Waals surface area contributed by atoms with E-state index in [1.54, 1.807) is 0 Å². The zero-order chi connectivity index (χ0) is 57.4. The molecule has 0 saturated heterocycles. The Morgan fingerprint density at radius 2 is 0.494 bits per heavy atom. The number of hydrogen-bond acceptors (Lipinski definition) is 0. The Kier molecular flexibility index (Phi) is 11.8. The van der Waals surface area contributed by atoms with Crippen molar-refractivity contribution in [1.82, 2.24) is 9.13 Å². The van der Waals surface area contributed by atoms with Crippen molar-refractivity contribution in [2.75, 3.05) is 0 Å². The van der Waals surface area contributed by atoms with Crippen LogP contribution in [0.15, 0.2) is 340 Å². The van der Waals surface area contributed by atoms with Gasteiger partial charge in [-0.1, -0.05) is 273 Å². The molecule has 0 bridgehead atoms. The van der Waals surface area contributed by atoms with Crippen LogP contribution in [0.2, 0.25) is 0 Å². The van der Waals surface area contributed by atoms with Crippen LogP contribution in [0.4, 0.5) is 0 Å². The largest absolute Gasteiger partial charge is 0.309 e. The minimum atomic E-state index is -0.481. The van der Waals surface area contributed by atoms with E-state index in [9.17, 15) is 0 Å². The van der Waals surface area contributed by atoms with Gasteiger partial charge in [-0.25, -0.2) is 0 Å². The summed E-state index contributed by atoms with van der Waals surface area (Å²) in [6.07, 6.45) is 0. The monoisotopic (exact) mass is 1100 g/mol. The van der Waals surface area contributed by atoms with Gasteiger partial charge in [-0.2, -0.15) is 0 Å². The molecular weight excluding hydrogens is 1050 g/mol. The second-order valence-electron chi connectivity index (χ2n) is 23.1. The van der Waals surface area contributed by atoms with Crippen molar-refractivity contribution in [1.29, 1.82) is 0 Å². The first-order valence-corrected chi connectivity index (χ1v) is 30.1. The van der Waals surface area contributed by atoms with E-state index in [4.69, 9.17) is 0 Å². The molecule has 87 heavy (non-hydrogen) atoms. The first kappa shape index (κ1) is 50.2. The Morgan fingerprint density at radius 3 is 0.977 bits per heavy atom. The van der Waals surface area contributed by atoms with Crippen molar-refractivity contribution < 1.29 is 0 Å². The van der Waals surface area contributed by atoms with E-state index < -0.39 is 5.41 Å². The Labute approximate surface area is 506 Å². The van der Waals surface area contributed by atoms with Gasteiger partial charge in [-0.15, -0.1) is 0 Å². The summed E-state index contributed by atoms with van der Waals surface area (Å²) in [5.74, 6) is 0. The van der Waals surface area contributed by atoms with Gasteiger partial charge in [0.15, 0.2) is 0 Å². The predicted molar refractivity (Wildman–Crippen MR) is 365 cm³/mol. The predicted octanol–water partition coefficient (Wildman–Crippen LogP) is 22.2. The van der Waals surface area contributed by atoms with Crippen LogP contribution in [0.1, 0.15) is 22.3 Å². The maximum atomic E-state index is 2.41. The molecule has 1 aliphatic rings. The smallest absolute Gasteiger partial charge is 0.0719 e. The molecule has 0 radical (unpaired) electrons. The molecule has 16 aromatic rings. The van der Waals surface area contributed by atoms with Crippen molar-refractivity contribution in [3.8, 4) is 89.3 Å². The molecule has 0 fully saturated rings. The fraction of sp³-hybridized carbons (Fsp3) is 0.0118. The summed E-state index contributed by atoms with van der Waals surface area (Å²) in [4.78, 5) is 0. The molecule has 2 heterocycles. The molecular formula is C85H56N2. The first-order valence-electron chi connectivity index (χ1n) is 30.1. The molecule has 0 atom stereocenters. The molecule has 0 spiro atoms. The standard InChI is InChI=1S/C85H56N2/c1-3-18-57(19-4-1)61-42-48-69(49-43-61)86-81-32-15-10-27-74(81)76-55-65(46-52-83(76)86)66-47-53-84-77(56-66)75-28-11-16-33-82(75)87(84)70-50-44-62(45-51-70)60-36-34-58(35-37-60)59-38-40-63(41-39-59)64-20-17-21-67(54-64)71-24-7-12-29-78(71)85(68-22-5-2-6-23-68)79-30-13-8-25-72(79)73-26-9-14-31-80(73)85/h1-56H. The summed E-state index contributed by atoms with van der Waals surface area (Å²) in [6, 6.07) is 125. The Bertz CT molecular complexity index is 5230. The van der Waals surface area contributed by atoms with Gasteiger partial charge in [-0.3, -0.25) is 0 Å². The number of benzene rings is 14. The molecule has 1 aliphatic carbocycles. The Balaban J connectivity index is 0.638. The van der Waals surface area contributed by atoms with Crippen LogP contribution in [0, 0.1) is 0 Å². The molecule has 406 valence electrons. The zero-order valence-electron chi connectivity index (χ0n) is 47.7. The number of para-hydroxylation sites is 2. The quantitative estimate of drug-likeness (QED) is 0.129. The minimum Gasteiger partial charge on any atom is -0.309 e. The van der Waals surface area contributed by atoms with E-state index in [-0.39, 0.29) is 0 Å². The van der Waals surface area contributed by atoms with Crippen LogP contribution < -0.4 is 0 Å². The summed E-state index contributed by atoms with van der Waals surface area (Å²) in [5, 5.41) is 4.97. The second-order valence-corrected chi connectivity index (χ2v) is 23.1. The summed E-state index contributed by atoms with van der Waals surface area (Å²) in [6.45, 7) is 0. The van der Waals surface area contributed by atoms with Crippen molar-refractivity contribution in [3.63, 3.8) is 0 Å². The maximum Gasteiger partial charge on any atom is 0.0719 e. The fourth-order valence-corrected chi connectivity index (χ4v) is 14.4. The van der Waals surface area contributed by atoms with Gasteiger partial charge < -0.3 is 9.13 Å². The third-order valence-corrected chi connectivity index (χ3v) is 18.5. The maximum absolute atomic E-state index is 2.41. The van der Waals surface area contributed by atoms with Gasteiger partial charge in [0.2, 0.25) is 0 Å². The van der Waals surface area contributed by atoms with Gasteiger partial charge >= 0.3 is 0 Å². The van der Waals surface area contributed by atoms with Crippen molar-refractivity contribution in [2.24, 2.45) is 0 Å². The third-order valence-electron chi connectivity index (χ3n) is 18.5. The minimum absolute atomic E-state index is 0.481. The molecule has 0 unspecified atom stereocenters. The van der Waals surface area contributed by atoms with Gasteiger partial charge in [0, 0.05) is 32.9 Å². The van der Waals surface area contributed by atoms with Gasteiger partial charge in [0.25, 0.3) is 0 Å². The summed E-state index contributed by atoms with van der Waals surface area (Å²) < 4.78 is 4.81. The highest BCUT2D eigenvalue weighted by molar-refractivity contribution is 6.13. The van der Waals surface area contributed by atoms with Gasteiger partial charge in [0.1, 0.15) is 0 Å². The average molecular weight is 1110 g/mol. The van der Waals surface area contributed by atoms with Crippen LogP contribution in [-0.4, -0.2) is 9.13 Å². The average Bonchev–Trinajstić information content (AvgIpc) is 1.71. The number of nitrogens with zero attached hydrogens (tertiary/aromatic N) is 2. The Morgan fingerprint density at radius 1 is 0.184 bits per heavy atom. The first-order chi connectivity index (χ1) is 43.1. The van der Waals surface area contributed by atoms with Crippen LogP contribution in [0.5, 0.6) is 0 Å². The molecule has 0 saturated carbocycles. The van der Waals surface area contributed by atoms with Crippen molar-refractivity contribution >= 4 is 43.6 Å². The highest BCUT2D eigenvalue weighted by Gasteiger charge is 2.47. The second kappa shape index (κ2) is 20.5.